The highest BCUT2D eigenvalue weighted by molar-refractivity contribution is 7.81. The molecule has 14 nitrogen and oxygen atoms in total. The first kappa shape index (κ1) is 44.9. The molecule has 6 rings (SSSR count). The van der Waals surface area contributed by atoms with E-state index in [0.717, 1.165) is 29.3 Å². The molecule has 4 amide bonds. The summed E-state index contributed by atoms with van der Waals surface area (Å²) in [7, 11) is 0. The van der Waals surface area contributed by atoms with Gasteiger partial charge in [0.25, 0.3) is 11.8 Å². The average Bonchev–Trinajstić information content (AvgIpc) is 3.36. The van der Waals surface area contributed by atoms with E-state index in [-0.39, 0.29) is 48.8 Å². The van der Waals surface area contributed by atoms with Crippen molar-refractivity contribution < 1.29 is 54.6 Å². The second kappa shape index (κ2) is 17.4. The van der Waals surface area contributed by atoms with E-state index in [4.69, 9.17) is 10.00 Å². The third kappa shape index (κ3) is 9.79. The van der Waals surface area contributed by atoms with Crippen LogP contribution in [0.15, 0.2) is 42.6 Å². The Morgan fingerprint density at radius 1 is 1.02 bits per heavy atom. The fourth-order valence-corrected chi connectivity index (χ4v) is 7.95. The van der Waals surface area contributed by atoms with Gasteiger partial charge in [0.2, 0.25) is 17.7 Å². The summed E-state index contributed by atoms with van der Waals surface area (Å²) in [5, 5.41) is 16.4. The highest BCUT2D eigenvalue weighted by atomic mass is 32.1. The number of nitrogens with zero attached hydrogens (tertiary/aromatic N) is 6. The molecule has 0 radical (unpaired) electrons. The monoisotopic (exact) mass is 879 g/mol. The van der Waals surface area contributed by atoms with Gasteiger partial charge in [0.05, 0.1) is 35.2 Å². The first-order valence-corrected chi connectivity index (χ1v) is 19.4. The van der Waals surface area contributed by atoms with E-state index in [0.29, 0.717) is 45.7 Å². The molecular formula is C39H40F7N9O5S. The molecule has 3 aliphatic heterocycles. The normalized spacial score (nSPS) is 20.1. The van der Waals surface area contributed by atoms with Gasteiger partial charge in [-0.2, -0.15) is 18.4 Å². The Balaban J connectivity index is 1.04. The van der Waals surface area contributed by atoms with E-state index in [1.165, 1.54) is 36.9 Å². The van der Waals surface area contributed by atoms with Crippen LogP contribution in [0.5, 0.6) is 5.75 Å². The molecule has 3 aromatic rings. The lowest BCUT2D eigenvalue weighted by Crippen LogP contribution is -2.49. The van der Waals surface area contributed by atoms with Crippen molar-refractivity contribution in [3.63, 3.8) is 0 Å². The Hall–Kier alpha value is -5.66. The van der Waals surface area contributed by atoms with Crippen molar-refractivity contribution >= 4 is 59.0 Å². The summed E-state index contributed by atoms with van der Waals surface area (Å²) in [6.45, 7) is 5.45. The predicted octanol–water partition coefficient (Wildman–Crippen LogP) is 5.06. The lowest BCUT2D eigenvalue weighted by Gasteiger charge is -2.35. The number of piperazine rings is 1. The highest BCUT2D eigenvalue weighted by Crippen LogP contribution is 2.45. The molecule has 0 spiro atoms. The van der Waals surface area contributed by atoms with Crippen molar-refractivity contribution in [1.82, 2.24) is 20.1 Å². The van der Waals surface area contributed by atoms with Crippen LogP contribution in [-0.4, -0.2) is 101 Å². The standard InChI is InChI=1S/C39H40F7N9O5S/c1-37(2)35(59)54(23-17-24(39(44,45)46)29(18-47)48-19-23)36(61)55(37)22-4-6-30(25(16-22)38(3,42)43)60-13-12-52-8-10-53(11-9-52)20-32(57)50-28-15-21(14-26(40)33(28)41)49-27-5-7-31(56)51-34(27)58/h4,6,14-17,19,27,36,49,61H,5,7-13,20H2,1-3H3,(H,50,57)(H,51,56,58). The zero-order valence-corrected chi connectivity index (χ0v) is 33.8. The van der Waals surface area contributed by atoms with Crippen LogP contribution in [0.25, 0.3) is 0 Å². The maximum absolute atomic E-state index is 15.1. The summed E-state index contributed by atoms with van der Waals surface area (Å²) in [4.78, 5) is 59.7. The molecule has 3 saturated heterocycles. The molecule has 3 N–H and O–H groups in total. The number of halogens is 7. The van der Waals surface area contributed by atoms with Crippen molar-refractivity contribution in [2.24, 2.45) is 0 Å². The van der Waals surface area contributed by atoms with Gasteiger partial charge in [-0.25, -0.2) is 22.5 Å². The van der Waals surface area contributed by atoms with E-state index in [2.05, 4.69) is 33.6 Å². The fourth-order valence-electron chi connectivity index (χ4n) is 7.29. The van der Waals surface area contributed by atoms with E-state index in [9.17, 15) is 41.1 Å². The number of ether oxygens (including phenoxy) is 1. The number of benzene rings is 2. The summed E-state index contributed by atoms with van der Waals surface area (Å²) in [6, 6.07) is 7.00. The fraction of sp³-hybridized carbons (Fsp3) is 0.436. The summed E-state index contributed by atoms with van der Waals surface area (Å²) in [5.41, 5.74) is -6.11. The molecule has 61 heavy (non-hydrogen) atoms. The number of piperidine rings is 1. The number of thiol groups is 1. The number of rotatable bonds is 12. The van der Waals surface area contributed by atoms with Gasteiger partial charge in [0.15, 0.2) is 22.8 Å². The van der Waals surface area contributed by atoms with E-state index in [1.807, 2.05) is 4.90 Å². The summed E-state index contributed by atoms with van der Waals surface area (Å²) in [6.07, 6.45) is -3.80. The zero-order chi connectivity index (χ0) is 44.6. The predicted molar refractivity (Wildman–Crippen MR) is 210 cm³/mol. The minimum absolute atomic E-state index is 0.0130. The number of alkyl halides is 5. The molecule has 2 unspecified atom stereocenters. The number of pyridine rings is 1. The first-order chi connectivity index (χ1) is 28.6. The number of hydrogen-bond donors (Lipinski definition) is 4. The third-order valence-electron chi connectivity index (χ3n) is 10.5. The molecule has 326 valence electrons. The number of nitrogens with one attached hydrogen (secondary N) is 3. The van der Waals surface area contributed by atoms with Gasteiger partial charge in [0.1, 0.15) is 30.0 Å². The summed E-state index contributed by atoms with van der Waals surface area (Å²) < 4.78 is 106. The molecule has 1 aromatic heterocycles. The molecule has 2 aromatic carbocycles. The second-order valence-corrected chi connectivity index (χ2v) is 15.7. The Bertz CT molecular complexity index is 2260. The molecular weight excluding hydrogens is 840 g/mol. The topological polar surface area (TPSA) is 163 Å². The van der Waals surface area contributed by atoms with E-state index in [1.54, 1.807) is 4.90 Å². The molecule has 4 heterocycles. The average molecular weight is 880 g/mol. The molecule has 2 atom stereocenters. The summed E-state index contributed by atoms with van der Waals surface area (Å²) in [5.74, 6) is -8.50. The molecule has 3 fully saturated rings. The number of nitriles is 1. The Morgan fingerprint density at radius 3 is 2.33 bits per heavy atom. The van der Waals surface area contributed by atoms with Crippen LogP contribution < -0.4 is 30.5 Å². The minimum Gasteiger partial charge on any atom is -0.492 e. The van der Waals surface area contributed by atoms with Gasteiger partial charge < -0.3 is 20.3 Å². The first-order valence-electron chi connectivity index (χ1n) is 18.9. The van der Waals surface area contributed by atoms with Gasteiger partial charge in [-0.3, -0.25) is 39.2 Å². The number of carbonyl (C=O) groups excluding carboxylic acids is 4. The van der Waals surface area contributed by atoms with Crippen molar-refractivity contribution in [3.05, 3.63) is 71.1 Å². The van der Waals surface area contributed by atoms with Crippen molar-refractivity contribution in [2.45, 2.75) is 62.8 Å². The van der Waals surface area contributed by atoms with Gasteiger partial charge in [0, 0.05) is 63.5 Å². The van der Waals surface area contributed by atoms with Crippen LogP contribution in [-0.2, 0) is 31.3 Å². The Morgan fingerprint density at radius 2 is 1.69 bits per heavy atom. The lowest BCUT2D eigenvalue weighted by atomic mass is 10.0. The third-order valence-corrected chi connectivity index (χ3v) is 10.9. The SMILES string of the molecule is CC(F)(F)c1cc(N2C(S)N(c3cnc(C#N)c(C(F)(F)F)c3)C(=O)C2(C)C)ccc1OCCN1CCN(CC(=O)Nc2cc(NC3CCC(=O)NC3=O)cc(F)c2F)CC1. The smallest absolute Gasteiger partial charge is 0.419 e. The molecule has 0 bridgehead atoms. The number of imide groups is 1. The number of anilines is 4. The van der Waals surface area contributed by atoms with Crippen LogP contribution in [0.3, 0.4) is 0 Å². The maximum atomic E-state index is 15.1. The number of hydrogen-bond acceptors (Lipinski definition) is 12. The van der Waals surface area contributed by atoms with Gasteiger partial charge in [-0.15, -0.1) is 12.6 Å². The zero-order valence-electron chi connectivity index (χ0n) is 32.9. The minimum atomic E-state index is -4.95. The number of aromatic nitrogens is 1. The van der Waals surface area contributed by atoms with Crippen LogP contribution in [0, 0.1) is 23.0 Å². The Labute approximate surface area is 350 Å². The van der Waals surface area contributed by atoms with Crippen molar-refractivity contribution in [2.75, 3.05) is 66.3 Å². The molecule has 0 aliphatic carbocycles. The van der Waals surface area contributed by atoms with Crippen LogP contribution in [0.2, 0.25) is 0 Å². The molecule has 0 saturated carbocycles. The largest absolute Gasteiger partial charge is 0.492 e. The van der Waals surface area contributed by atoms with Crippen LogP contribution >= 0.6 is 12.6 Å². The van der Waals surface area contributed by atoms with E-state index >= 15 is 8.78 Å². The quantitative estimate of drug-likeness (QED) is 0.109. The number of amides is 4. The Kier molecular flexibility index (Phi) is 12.8. The maximum Gasteiger partial charge on any atom is 0.419 e. The molecule has 3 aliphatic rings. The second-order valence-electron chi connectivity index (χ2n) is 15.2. The van der Waals surface area contributed by atoms with Crippen molar-refractivity contribution in [3.8, 4) is 11.8 Å². The van der Waals surface area contributed by atoms with Crippen LogP contribution in [0.4, 0.5) is 53.5 Å². The summed E-state index contributed by atoms with van der Waals surface area (Å²) >= 11 is 4.52. The van der Waals surface area contributed by atoms with E-state index < -0.39 is 86.9 Å². The van der Waals surface area contributed by atoms with Crippen molar-refractivity contribution in [1.29, 1.82) is 5.26 Å². The van der Waals surface area contributed by atoms with Crippen LogP contribution in [0.1, 0.15) is 50.4 Å². The van der Waals surface area contributed by atoms with Gasteiger partial charge in [-0.05, 0) is 50.6 Å². The highest BCUT2D eigenvalue weighted by Gasteiger charge is 2.52. The van der Waals surface area contributed by atoms with Gasteiger partial charge in [-0.1, -0.05) is 0 Å². The van der Waals surface area contributed by atoms with Gasteiger partial charge >= 0.3 is 6.18 Å². The lowest BCUT2D eigenvalue weighted by molar-refractivity contribution is -0.138. The number of carbonyl (C=O) groups is 4. The molecule has 22 heteroatoms.